The Kier molecular flexibility index (Phi) is 7.04. The number of carbonyl (C=O) groups is 1. The number of hydrogen-bond donors (Lipinski definition) is 2. The molecule has 2 heterocycles. The largest absolute Gasteiger partial charge is 0.361 e. The van der Waals surface area contributed by atoms with Crippen LogP contribution in [0.1, 0.15) is 70.8 Å². The summed E-state index contributed by atoms with van der Waals surface area (Å²) >= 11 is 0. The van der Waals surface area contributed by atoms with Gasteiger partial charge in [-0.2, -0.15) is 0 Å². The quantitative estimate of drug-likeness (QED) is 0.238. The molecule has 2 N–H and O–H groups in total. The molecule has 8 rings (SSSR count). The minimum atomic E-state index is -0.0262. The van der Waals surface area contributed by atoms with Crippen LogP contribution in [0.5, 0.6) is 0 Å². The summed E-state index contributed by atoms with van der Waals surface area (Å²) in [6, 6.07) is 18.6. The zero-order chi connectivity index (χ0) is 27.0. The maximum Gasteiger partial charge on any atom is 0.161 e. The third kappa shape index (κ3) is 4.68. The van der Waals surface area contributed by atoms with Gasteiger partial charge in [-0.3, -0.25) is 4.79 Å². The molecule has 3 nitrogen and oxygen atoms in total. The van der Waals surface area contributed by atoms with Crippen molar-refractivity contribution in [1.29, 1.82) is 0 Å². The lowest BCUT2D eigenvalue weighted by Crippen LogP contribution is -2.54. The minimum absolute atomic E-state index is 0.0262. The van der Waals surface area contributed by atoms with E-state index in [0.29, 0.717) is 23.0 Å². The van der Waals surface area contributed by atoms with Crippen LogP contribution in [0.25, 0.3) is 21.8 Å². The number of rotatable bonds is 0. The molecule has 39 heavy (non-hydrogen) atoms. The van der Waals surface area contributed by atoms with Crippen LogP contribution in [0.4, 0.5) is 0 Å². The van der Waals surface area contributed by atoms with Crippen LogP contribution in [0, 0.1) is 41.4 Å². The Morgan fingerprint density at radius 2 is 1.62 bits per heavy atom. The van der Waals surface area contributed by atoms with Crippen LogP contribution in [-0.2, 0) is 4.79 Å². The van der Waals surface area contributed by atoms with Gasteiger partial charge >= 0.3 is 0 Å². The third-order valence-corrected chi connectivity index (χ3v) is 11.2. The summed E-state index contributed by atoms with van der Waals surface area (Å²) in [6.07, 6.45) is 18.8. The number of para-hydroxylation sites is 2. The number of hydrogen-bond acceptors (Lipinski definition) is 1. The van der Waals surface area contributed by atoms with Gasteiger partial charge in [0, 0.05) is 34.2 Å². The maximum absolute atomic E-state index is 12.7. The SMILES string of the molecule is C[C@@]12CCC[C@H]1[C@@H]1CCC3CC=CC(=O)[C@]3(C)[C@H]1CC2.Cc1c[nH]c2ccccc12.c1ccc2[nH]ccc2c1. The second-order valence-electron chi connectivity index (χ2n) is 13.1. The highest BCUT2D eigenvalue weighted by molar-refractivity contribution is 5.96. The molecule has 0 amide bonds. The lowest BCUT2D eigenvalue weighted by molar-refractivity contribution is -0.145. The highest BCUT2D eigenvalue weighted by atomic mass is 16.1. The van der Waals surface area contributed by atoms with Gasteiger partial charge in [0.15, 0.2) is 5.78 Å². The van der Waals surface area contributed by atoms with Crippen molar-refractivity contribution in [2.45, 2.75) is 72.1 Å². The average Bonchev–Trinajstić information content (AvgIpc) is 3.69. The molecule has 1 unspecified atom stereocenters. The number of aryl methyl sites for hydroxylation is 1. The van der Waals surface area contributed by atoms with Crippen LogP contribution in [0.15, 0.2) is 79.1 Å². The number of allylic oxidation sites excluding steroid dienone is 2. The maximum atomic E-state index is 12.7. The van der Waals surface area contributed by atoms with E-state index in [2.05, 4.69) is 73.2 Å². The molecular formula is C36H44N2O. The van der Waals surface area contributed by atoms with Gasteiger partial charge in [0.05, 0.1) is 0 Å². The minimum Gasteiger partial charge on any atom is -0.361 e. The number of aromatic nitrogens is 2. The van der Waals surface area contributed by atoms with Gasteiger partial charge in [0.25, 0.3) is 0 Å². The van der Waals surface area contributed by atoms with Gasteiger partial charge < -0.3 is 9.97 Å². The van der Waals surface area contributed by atoms with E-state index in [9.17, 15) is 4.79 Å². The Balaban J connectivity index is 0.000000121. The van der Waals surface area contributed by atoms with Gasteiger partial charge in [-0.1, -0.05) is 62.7 Å². The summed E-state index contributed by atoms with van der Waals surface area (Å²) in [5, 5.41) is 2.60. The van der Waals surface area contributed by atoms with Gasteiger partial charge in [-0.25, -0.2) is 0 Å². The van der Waals surface area contributed by atoms with Crippen molar-refractivity contribution >= 4 is 27.6 Å². The van der Waals surface area contributed by atoms with Crippen molar-refractivity contribution in [2.75, 3.05) is 0 Å². The van der Waals surface area contributed by atoms with E-state index in [0.717, 1.165) is 18.3 Å². The molecule has 2 aromatic heterocycles. The molecule has 0 aliphatic heterocycles. The predicted molar refractivity (Wildman–Crippen MR) is 163 cm³/mol. The number of nitrogens with one attached hydrogen (secondary N) is 2. The first kappa shape index (κ1) is 26.2. The monoisotopic (exact) mass is 520 g/mol. The zero-order valence-electron chi connectivity index (χ0n) is 23.9. The van der Waals surface area contributed by atoms with Crippen molar-refractivity contribution in [2.24, 2.45) is 34.5 Å². The Labute approximate surface area is 233 Å². The summed E-state index contributed by atoms with van der Waals surface area (Å²) in [5.74, 6) is 3.51. The first-order valence-electron chi connectivity index (χ1n) is 15.2. The Morgan fingerprint density at radius 3 is 2.44 bits per heavy atom. The predicted octanol–water partition coefficient (Wildman–Crippen LogP) is 9.41. The lowest BCUT2D eigenvalue weighted by Gasteiger charge is -2.58. The molecule has 0 saturated heterocycles. The summed E-state index contributed by atoms with van der Waals surface area (Å²) in [4.78, 5) is 19.0. The van der Waals surface area contributed by atoms with Crippen molar-refractivity contribution in [3.05, 3.63) is 84.7 Å². The van der Waals surface area contributed by atoms with Crippen molar-refractivity contribution in [3.63, 3.8) is 0 Å². The smallest absolute Gasteiger partial charge is 0.161 e. The second kappa shape index (κ2) is 10.5. The van der Waals surface area contributed by atoms with E-state index in [1.807, 2.05) is 36.7 Å². The molecule has 3 fully saturated rings. The van der Waals surface area contributed by atoms with Crippen LogP contribution < -0.4 is 0 Å². The molecule has 0 radical (unpaired) electrons. The van der Waals surface area contributed by atoms with E-state index < -0.39 is 0 Å². The Morgan fingerprint density at radius 1 is 0.821 bits per heavy atom. The number of carbonyl (C=O) groups excluding carboxylic acids is 1. The van der Waals surface area contributed by atoms with E-state index >= 15 is 0 Å². The molecular weight excluding hydrogens is 476 g/mol. The molecule has 4 aromatic rings. The number of benzene rings is 2. The van der Waals surface area contributed by atoms with Crippen LogP contribution in [0.2, 0.25) is 0 Å². The van der Waals surface area contributed by atoms with Crippen LogP contribution in [-0.4, -0.2) is 15.8 Å². The number of aromatic amines is 2. The second-order valence-corrected chi connectivity index (χ2v) is 13.1. The topological polar surface area (TPSA) is 48.6 Å². The fourth-order valence-electron chi connectivity index (χ4n) is 8.90. The molecule has 3 saturated carbocycles. The summed E-state index contributed by atoms with van der Waals surface area (Å²) in [7, 11) is 0. The van der Waals surface area contributed by atoms with Crippen LogP contribution in [0.3, 0.4) is 0 Å². The Bertz CT molecular complexity index is 1450. The molecule has 2 aromatic carbocycles. The highest BCUT2D eigenvalue weighted by Crippen LogP contribution is 2.64. The Hall–Kier alpha value is -3.07. The normalized spacial score (nSPS) is 32.8. The standard InChI is InChI=1S/C19H28O.C9H9N.C8H7N/c1-18-11-4-6-15(18)14-9-8-13-5-3-7-17(20)19(13,2)16(14)10-12-18;1-7-6-10-9-5-3-2-4-8(7)9;1-2-4-8-7(3-1)5-6-9-8/h3,7,13-16H,4-6,8-12H2,1-2H3;2-6,10H,1H3;1-6,9H/t13?,14-,15-,16-,18-,19-;;/m0../s1. The fourth-order valence-corrected chi connectivity index (χ4v) is 8.90. The molecule has 4 aliphatic rings. The summed E-state index contributed by atoms with van der Waals surface area (Å²) in [5.41, 5.74) is 4.33. The van der Waals surface area contributed by atoms with Gasteiger partial charge in [-0.15, -0.1) is 0 Å². The summed E-state index contributed by atoms with van der Waals surface area (Å²) in [6.45, 7) is 6.97. The number of fused-ring (bicyclic) bond motifs is 7. The number of ketones is 1. The van der Waals surface area contributed by atoms with E-state index in [-0.39, 0.29) is 5.41 Å². The van der Waals surface area contributed by atoms with Gasteiger partial charge in [0.1, 0.15) is 0 Å². The van der Waals surface area contributed by atoms with Crippen LogP contribution >= 0.6 is 0 Å². The first-order valence-corrected chi connectivity index (χ1v) is 15.2. The number of H-pyrrole nitrogens is 2. The summed E-state index contributed by atoms with van der Waals surface area (Å²) < 4.78 is 0. The van der Waals surface area contributed by atoms with Crippen molar-refractivity contribution in [1.82, 2.24) is 9.97 Å². The average molecular weight is 521 g/mol. The molecule has 4 aliphatic carbocycles. The molecule has 6 atom stereocenters. The van der Waals surface area contributed by atoms with E-state index in [4.69, 9.17) is 0 Å². The van der Waals surface area contributed by atoms with Gasteiger partial charge in [-0.05, 0) is 116 Å². The zero-order valence-corrected chi connectivity index (χ0v) is 23.9. The van der Waals surface area contributed by atoms with Crippen molar-refractivity contribution in [3.8, 4) is 0 Å². The van der Waals surface area contributed by atoms with Gasteiger partial charge in [0.2, 0.25) is 0 Å². The van der Waals surface area contributed by atoms with E-state index in [1.54, 1.807) is 0 Å². The first-order chi connectivity index (χ1) is 18.9. The fraction of sp³-hybridized carbons (Fsp3) is 0.472. The lowest BCUT2D eigenvalue weighted by atomic mass is 9.46. The molecule has 3 heteroatoms. The van der Waals surface area contributed by atoms with Crippen molar-refractivity contribution < 1.29 is 4.79 Å². The van der Waals surface area contributed by atoms with E-state index in [1.165, 1.54) is 72.3 Å². The third-order valence-electron chi connectivity index (χ3n) is 11.2. The highest BCUT2D eigenvalue weighted by Gasteiger charge is 2.59. The molecule has 204 valence electrons. The molecule has 0 bridgehead atoms. The molecule has 0 spiro atoms.